The summed E-state index contributed by atoms with van der Waals surface area (Å²) in [6.45, 7) is 6.38. The van der Waals surface area contributed by atoms with Gasteiger partial charge in [0.1, 0.15) is 13.1 Å². The van der Waals surface area contributed by atoms with Crippen LogP contribution in [0.5, 0.6) is 0 Å². The van der Waals surface area contributed by atoms with Crippen molar-refractivity contribution < 1.29 is 10.4 Å². The number of nitrogens with two attached hydrogens (primary N) is 1. The zero-order chi connectivity index (χ0) is 13.7. The van der Waals surface area contributed by atoms with Gasteiger partial charge in [-0.3, -0.25) is 0 Å². The smallest absolute Gasteiger partial charge is 0.102 e. The molecular weight excluding hydrogens is 234 g/mol. The summed E-state index contributed by atoms with van der Waals surface area (Å²) in [5, 5.41) is 11.3. The highest BCUT2D eigenvalue weighted by Crippen LogP contribution is 2.07. The Balaban J connectivity index is 1.88. The van der Waals surface area contributed by atoms with Gasteiger partial charge in [-0.25, -0.2) is 0 Å². The molecule has 0 bridgehead atoms. The van der Waals surface area contributed by atoms with Crippen LogP contribution in [0.2, 0.25) is 0 Å². The van der Waals surface area contributed by atoms with Gasteiger partial charge in [-0.1, -0.05) is 53.6 Å². The molecule has 100 valence electrons. The molecule has 0 atom stereocenters. The van der Waals surface area contributed by atoms with Crippen molar-refractivity contribution in [3.63, 3.8) is 0 Å². The summed E-state index contributed by atoms with van der Waals surface area (Å²) in [7, 11) is 0. The maximum atomic E-state index is 9.00. The zero-order valence-corrected chi connectivity index (χ0v) is 11.7. The number of aryl methyl sites for hydroxylation is 2. The van der Waals surface area contributed by atoms with E-state index in [9.17, 15) is 0 Å². The normalized spacial score (nSPS) is 10.7. The second kappa shape index (κ2) is 6.50. The Morgan fingerprint density at radius 3 is 1.89 bits per heavy atom. The van der Waals surface area contributed by atoms with Crippen molar-refractivity contribution in [2.24, 2.45) is 0 Å². The summed E-state index contributed by atoms with van der Waals surface area (Å²) in [6, 6.07) is 14.8. The molecule has 0 fully saturated rings. The summed E-state index contributed by atoms with van der Waals surface area (Å²) >= 11 is 0. The van der Waals surface area contributed by atoms with Crippen LogP contribution in [0.1, 0.15) is 27.8 Å². The highest BCUT2D eigenvalue weighted by molar-refractivity contribution is 5.27. The van der Waals surface area contributed by atoms with Crippen molar-refractivity contribution in [3.8, 4) is 0 Å². The molecule has 0 amide bonds. The Kier molecular flexibility index (Phi) is 4.72. The van der Waals surface area contributed by atoms with E-state index >= 15 is 0 Å². The predicted octanol–water partition coefficient (Wildman–Crippen LogP) is 2.06. The first-order valence-corrected chi connectivity index (χ1v) is 6.75. The van der Waals surface area contributed by atoms with Gasteiger partial charge in [-0.2, -0.15) is 0 Å². The van der Waals surface area contributed by atoms with Crippen molar-refractivity contribution >= 4 is 0 Å². The first-order valence-electron chi connectivity index (χ1n) is 6.75. The lowest BCUT2D eigenvalue weighted by Crippen LogP contribution is -2.80. The molecule has 0 saturated carbocycles. The lowest BCUT2D eigenvalue weighted by Gasteiger charge is -2.05. The first kappa shape index (κ1) is 13.8. The van der Waals surface area contributed by atoms with E-state index in [2.05, 4.69) is 49.5 Å². The van der Waals surface area contributed by atoms with Crippen LogP contribution in [0.4, 0.5) is 0 Å². The molecular formula is C17H22NO+. The number of aliphatic hydroxyl groups is 1. The van der Waals surface area contributed by atoms with Crippen LogP contribution in [-0.4, -0.2) is 5.11 Å². The maximum Gasteiger partial charge on any atom is 0.102 e. The van der Waals surface area contributed by atoms with Gasteiger partial charge in [0.25, 0.3) is 0 Å². The monoisotopic (exact) mass is 256 g/mol. The summed E-state index contributed by atoms with van der Waals surface area (Å²) in [5.41, 5.74) is 6.30. The van der Waals surface area contributed by atoms with Gasteiger partial charge in [-0.05, 0) is 19.4 Å². The summed E-state index contributed by atoms with van der Waals surface area (Å²) in [4.78, 5) is 0. The highest BCUT2D eigenvalue weighted by Gasteiger charge is 2.00. The molecule has 19 heavy (non-hydrogen) atoms. The Morgan fingerprint density at radius 1 is 0.789 bits per heavy atom. The van der Waals surface area contributed by atoms with E-state index in [-0.39, 0.29) is 6.61 Å². The van der Waals surface area contributed by atoms with E-state index in [1.54, 1.807) is 0 Å². The number of benzene rings is 2. The Hall–Kier alpha value is -1.64. The van der Waals surface area contributed by atoms with Gasteiger partial charge in [-0.15, -0.1) is 0 Å². The van der Waals surface area contributed by atoms with Gasteiger partial charge >= 0.3 is 0 Å². The van der Waals surface area contributed by atoms with Crippen LogP contribution >= 0.6 is 0 Å². The molecule has 0 aromatic heterocycles. The molecule has 2 heteroatoms. The molecule has 2 aromatic rings. The molecule has 0 saturated heterocycles. The standard InChI is InChI=1S/C17H21NO/c1-13-7-14(2)9-17(8-13)11-18-10-15-3-5-16(12-19)6-4-15/h3-9,18-19H,10-12H2,1-2H3/p+1. The molecule has 0 radical (unpaired) electrons. The molecule has 3 N–H and O–H groups in total. The SMILES string of the molecule is Cc1cc(C)cc(C[NH2+]Cc2ccc(CO)cc2)c1. The maximum absolute atomic E-state index is 9.00. The first-order chi connectivity index (χ1) is 9.17. The third-order valence-electron chi connectivity index (χ3n) is 3.25. The van der Waals surface area contributed by atoms with Gasteiger partial charge in [0.2, 0.25) is 0 Å². The third kappa shape index (κ3) is 4.19. The minimum absolute atomic E-state index is 0.118. The van der Waals surface area contributed by atoms with Gasteiger partial charge in [0.15, 0.2) is 0 Å². The second-order valence-electron chi connectivity index (χ2n) is 5.17. The van der Waals surface area contributed by atoms with E-state index in [1.165, 1.54) is 22.3 Å². The fourth-order valence-electron chi connectivity index (χ4n) is 2.37. The van der Waals surface area contributed by atoms with Crippen LogP contribution in [-0.2, 0) is 19.7 Å². The fourth-order valence-corrected chi connectivity index (χ4v) is 2.37. The number of aliphatic hydroxyl groups excluding tert-OH is 1. The third-order valence-corrected chi connectivity index (χ3v) is 3.25. The average molecular weight is 256 g/mol. The average Bonchev–Trinajstić information content (AvgIpc) is 2.38. The molecule has 2 rings (SSSR count). The number of quaternary nitrogens is 1. The number of hydrogen-bond donors (Lipinski definition) is 2. The highest BCUT2D eigenvalue weighted by atomic mass is 16.3. The largest absolute Gasteiger partial charge is 0.392 e. The van der Waals surface area contributed by atoms with E-state index in [4.69, 9.17) is 5.11 Å². The molecule has 0 heterocycles. The van der Waals surface area contributed by atoms with Crippen LogP contribution in [0.3, 0.4) is 0 Å². The summed E-state index contributed by atoms with van der Waals surface area (Å²) in [5.74, 6) is 0. The molecule has 0 aliphatic rings. The topological polar surface area (TPSA) is 36.8 Å². The van der Waals surface area contributed by atoms with Crippen LogP contribution < -0.4 is 5.32 Å². The van der Waals surface area contributed by atoms with Crippen molar-refractivity contribution in [3.05, 3.63) is 70.3 Å². The van der Waals surface area contributed by atoms with Crippen molar-refractivity contribution in [1.82, 2.24) is 0 Å². The molecule has 0 spiro atoms. The lowest BCUT2D eigenvalue weighted by molar-refractivity contribution is -0.686. The lowest BCUT2D eigenvalue weighted by atomic mass is 10.1. The number of rotatable bonds is 5. The Labute approximate surface area is 115 Å². The fraction of sp³-hybridized carbons (Fsp3) is 0.294. The quantitative estimate of drug-likeness (QED) is 0.844. The summed E-state index contributed by atoms with van der Waals surface area (Å²) in [6.07, 6.45) is 0. The van der Waals surface area contributed by atoms with Crippen molar-refractivity contribution in [1.29, 1.82) is 0 Å². The van der Waals surface area contributed by atoms with Crippen LogP contribution in [0.25, 0.3) is 0 Å². The Bertz CT molecular complexity index is 511. The van der Waals surface area contributed by atoms with Crippen LogP contribution in [0, 0.1) is 13.8 Å². The van der Waals surface area contributed by atoms with Gasteiger partial charge in [0, 0.05) is 11.1 Å². The molecule has 0 aliphatic heterocycles. The zero-order valence-electron chi connectivity index (χ0n) is 11.7. The van der Waals surface area contributed by atoms with Crippen LogP contribution in [0.15, 0.2) is 42.5 Å². The molecule has 2 nitrogen and oxygen atoms in total. The van der Waals surface area contributed by atoms with E-state index in [1.807, 2.05) is 12.1 Å². The van der Waals surface area contributed by atoms with E-state index in [0.717, 1.165) is 18.7 Å². The van der Waals surface area contributed by atoms with Crippen molar-refractivity contribution in [2.45, 2.75) is 33.5 Å². The minimum atomic E-state index is 0.118. The molecule has 0 unspecified atom stereocenters. The number of hydrogen-bond acceptors (Lipinski definition) is 1. The molecule has 2 aromatic carbocycles. The van der Waals surface area contributed by atoms with E-state index < -0.39 is 0 Å². The van der Waals surface area contributed by atoms with Gasteiger partial charge in [0.05, 0.1) is 6.61 Å². The second-order valence-corrected chi connectivity index (χ2v) is 5.17. The minimum Gasteiger partial charge on any atom is -0.392 e. The summed E-state index contributed by atoms with van der Waals surface area (Å²) < 4.78 is 0. The van der Waals surface area contributed by atoms with E-state index in [0.29, 0.717) is 0 Å². The molecule has 0 aliphatic carbocycles. The Morgan fingerprint density at radius 2 is 1.32 bits per heavy atom. The van der Waals surface area contributed by atoms with Crippen molar-refractivity contribution in [2.75, 3.05) is 0 Å². The predicted molar refractivity (Wildman–Crippen MR) is 77.6 cm³/mol. The van der Waals surface area contributed by atoms with Gasteiger partial charge < -0.3 is 10.4 Å².